The second-order valence-electron chi connectivity index (χ2n) is 8.37. The smallest absolute Gasteiger partial charge is 0.251 e. The van der Waals surface area contributed by atoms with Crippen molar-refractivity contribution in [3.8, 4) is 6.07 Å². The molecule has 1 aliphatic carbocycles. The Bertz CT molecular complexity index is 599. The van der Waals surface area contributed by atoms with Crippen molar-refractivity contribution in [1.29, 1.82) is 5.26 Å². The number of hydrogen-bond donors (Lipinski definition) is 1. The molecule has 0 aromatic carbocycles. The zero-order valence-electron chi connectivity index (χ0n) is 16.6. The van der Waals surface area contributed by atoms with Crippen molar-refractivity contribution in [1.82, 2.24) is 15.1 Å². The van der Waals surface area contributed by atoms with Crippen molar-refractivity contribution in [3.05, 3.63) is 12.2 Å². The molecule has 28 heavy (non-hydrogen) atoms. The van der Waals surface area contributed by atoms with Gasteiger partial charge >= 0.3 is 0 Å². The highest BCUT2D eigenvalue weighted by Gasteiger charge is 2.40. The Hall–Kier alpha value is -1.46. The van der Waals surface area contributed by atoms with Crippen LogP contribution in [0.5, 0.6) is 0 Å². The predicted molar refractivity (Wildman–Crippen MR) is 104 cm³/mol. The van der Waals surface area contributed by atoms with Gasteiger partial charge in [-0.25, -0.2) is 0 Å². The molecule has 4 rings (SSSR count). The molecule has 4 atom stereocenters. The van der Waals surface area contributed by atoms with Crippen LogP contribution in [0.3, 0.4) is 0 Å². The minimum atomic E-state index is -0.346. The van der Waals surface area contributed by atoms with Gasteiger partial charge in [0, 0.05) is 32.8 Å². The molecule has 4 unspecified atom stereocenters. The van der Waals surface area contributed by atoms with Gasteiger partial charge in [-0.3, -0.25) is 15.0 Å². The van der Waals surface area contributed by atoms with Crippen LogP contribution < -0.4 is 5.32 Å². The Labute approximate surface area is 167 Å². The third-order valence-electron chi connectivity index (χ3n) is 6.45. The summed E-state index contributed by atoms with van der Waals surface area (Å²) >= 11 is 0. The maximum absolute atomic E-state index is 12.5. The van der Waals surface area contributed by atoms with Gasteiger partial charge in [0.1, 0.15) is 24.6 Å². The molecule has 0 spiro atoms. The molecule has 1 N–H and O–H groups in total. The lowest BCUT2D eigenvalue weighted by Gasteiger charge is -2.38. The quantitative estimate of drug-likeness (QED) is 0.738. The number of rotatable bonds is 4. The predicted octanol–water partition coefficient (Wildman–Crippen LogP) is 1.61. The fourth-order valence-electron chi connectivity index (χ4n) is 4.78. The minimum Gasteiger partial charge on any atom is -0.368 e. The van der Waals surface area contributed by atoms with E-state index in [1.54, 1.807) is 0 Å². The molecule has 4 fully saturated rings. The van der Waals surface area contributed by atoms with Crippen molar-refractivity contribution < 1.29 is 14.3 Å². The topological polar surface area (TPSA) is 77.8 Å². The molecule has 0 bridgehead atoms. The summed E-state index contributed by atoms with van der Waals surface area (Å²) in [5.41, 5.74) is 0. The van der Waals surface area contributed by atoms with Crippen LogP contribution in [0.25, 0.3) is 0 Å². The highest BCUT2D eigenvalue weighted by Crippen LogP contribution is 2.26. The number of ether oxygens (including phenoxy) is 2. The first-order valence-corrected chi connectivity index (χ1v) is 10.9. The van der Waals surface area contributed by atoms with Crippen LogP contribution >= 0.6 is 0 Å². The number of nitrogens with zero attached hydrogens (tertiary/aromatic N) is 3. The molecule has 0 aromatic heterocycles. The van der Waals surface area contributed by atoms with Gasteiger partial charge in [-0.05, 0) is 37.7 Å². The van der Waals surface area contributed by atoms with Gasteiger partial charge in [0.2, 0.25) is 0 Å². The van der Waals surface area contributed by atoms with E-state index in [9.17, 15) is 10.1 Å². The van der Waals surface area contributed by atoms with Crippen LogP contribution in [-0.4, -0.2) is 73.1 Å². The summed E-state index contributed by atoms with van der Waals surface area (Å²) in [5.74, 6) is 0.763. The zero-order valence-corrected chi connectivity index (χ0v) is 16.6. The lowest BCUT2D eigenvalue weighted by Crippen LogP contribution is -2.56. The largest absolute Gasteiger partial charge is 0.368 e. The molecule has 3 saturated heterocycles. The zero-order chi connectivity index (χ0) is 19.3. The molecule has 7 nitrogen and oxygen atoms in total. The van der Waals surface area contributed by atoms with E-state index >= 15 is 0 Å². The molecule has 0 aromatic rings. The standard InChI is InChI=1S/C21H32N4O3/c22-15-17-21(28-19(23-17)9-8-16-5-2-1-3-6-16)25-12-10-24(11-13-25)20(26)18-7-4-14-27-18/h8-9,16-19,21,23H,1-7,10-14H2/b9-8+. The van der Waals surface area contributed by atoms with Crippen molar-refractivity contribution >= 4 is 5.91 Å². The Morgan fingerprint density at radius 2 is 1.82 bits per heavy atom. The van der Waals surface area contributed by atoms with Crippen LogP contribution in [0.4, 0.5) is 0 Å². The fourth-order valence-corrected chi connectivity index (χ4v) is 4.78. The first-order chi connectivity index (χ1) is 13.7. The van der Waals surface area contributed by atoms with E-state index in [1.807, 2.05) is 4.90 Å². The second kappa shape index (κ2) is 9.36. The maximum atomic E-state index is 12.5. The van der Waals surface area contributed by atoms with Gasteiger partial charge < -0.3 is 14.4 Å². The van der Waals surface area contributed by atoms with E-state index < -0.39 is 0 Å². The van der Waals surface area contributed by atoms with Gasteiger partial charge in [0.05, 0.1) is 6.07 Å². The molecular weight excluding hydrogens is 356 g/mol. The summed E-state index contributed by atoms with van der Waals surface area (Å²) in [6, 6.07) is 2.00. The number of amides is 1. The monoisotopic (exact) mass is 388 g/mol. The van der Waals surface area contributed by atoms with Crippen molar-refractivity contribution in [2.45, 2.75) is 69.5 Å². The third kappa shape index (κ3) is 4.57. The molecule has 1 saturated carbocycles. The van der Waals surface area contributed by atoms with Crippen molar-refractivity contribution in [3.63, 3.8) is 0 Å². The van der Waals surface area contributed by atoms with Crippen LogP contribution in [0.15, 0.2) is 12.2 Å². The number of nitriles is 1. The summed E-state index contributed by atoms with van der Waals surface area (Å²) in [6.45, 7) is 3.47. The molecule has 0 radical (unpaired) electrons. The van der Waals surface area contributed by atoms with Crippen molar-refractivity contribution in [2.75, 3.05) is 32.8 Å². The van der Waals surface area contributed by atoms with Crippen LogP contribution in [0.1, 0.15) is 44.9 Å². The first-order valence-electron chi connectivity index (χ1n) is 10.9. The normalized spacial score (nSPS) is 35.5. The number of carbonyl (C=O) groups is 1. The number of allylic oxidation sites excluding steroid dienone is 1. The lowest BCUT2D eigenvalue weighted by atomic mass is 9.89. The summed E-state index contributed by atoms with van der Waals surface area (Å²) in [4.78, 5) is 16.6. The minimum absolute atomic E-state index is 0.118. The van der Waals surface area contributed by atoms with Crippen LogP contribution in [-0.2, 0) is 14.3 Å². The van der Waals surface area contributed by atoms with Crippen LogP contribution in [0.2, 0.25) is 0 Å². The first kappa shape index (κ1) is 19.8. The Morgan fingerprint density at radius 3 is 2.50 bits per heavy atom. The van der Waals surface area contributed by atoms with Crippen molar-refractivity contribution in [2.24, 2.45) is 5.92 Å². The van der Waals surface area contributed by atoms with E-state index in [1.165, 1.54) is 32.1 Å². The van der Waals surface area contributed by atoms with Gasteiger partial charge in [0.15, 0.2) is 0 Å². The number of hydrogen-bond acceptors (Lipinski definition) is 6. The van der Waals surface area contributed by atoms with E-state index in [0.29, 0.717) is 25.6 Å². The highest BCUT2D eigenvalue weighted by molar-refractivity contribution is 5.81. The number of nitrogens with one attached hydrogen (secondary N) is 1. The average Bonchev–Trinajstić information content (AvgIpc) is 3.43. The fraction of sp³-hybridized carbons (Fsp3) is 0.810. The molecular formula is C21H32N4O3. The van der Waals surface area contributed by atoms with Gasteiger partial charge in [-0.2, -0.15) is 5.26 Å². The molecule has 7 heteroatoms. The third-order valence-corrected chi connectivity index (χ3v) is 6.45. The molecule has 4 aliphatic rings. The summed E-state index contributed by atoms with van der Waals surface area (Å²) in [5, 5.41) is 12.9. The van der Waals surface area contributed by atoms with E-state index in [0.717, 1.165) is 25.9 Å². The lowest BCUT2D eigenvalue weighted by molar-refractivity contribution is -0.145. The van der Waals surface area contributed by atoms with Crippen LogP contribution in [0, 0.1) is 17.2 Å². The Balaban J connectivity index is 1.28. The highest BCUT2D eigenvalue weighted by atomic mass is 16.5. The van der Waals surface area contributed by atoms with E-state index in [4.69, 9.17) is 9.47 Å². The number of piperazine rings is 1. The molecule has 3 aliphatic heterocycles. The molecule has 3 heterocycles. The Morgan fingerprint density at radius 1 is 1.04 bits per heavy atom. The summed E-state index contributed by atoms with van der Waals surface area (Å²) < 4.78 is 11.7. The SMILES string of the molecule is N#CC1NC(/C=C/C2CCCCC2)OC1N1CCN(C(=O)C2CCCO2)CC1. The average molecular weight is 389 g/mol. The number of carbonyl (C=O) groups excluding carboxylic acids is 1. The van der Waals surface area contributed by atoms with Gasteiger partial charge in [0.25, 0.3) is 5.91 Å². The van der Waals surface area contributed by atoms with Gasteiger partial charge in [-0.1, -0.05) is 25.3 Å². The molecule has 1 amide bonds. The second-order valence-corrected chi connectivity index (χ2v) is 8.37. The van der Waals surface area contributed by atoms with E-state index in [2.05, 4.69) is 28.4 Å². The maximum Gasteiger partial charge on any atom is 0.251 e. The summed E-state index contributed by atoms with van der Waals surface area (Å²) in [6.07, 6.45) is 11.9. The Kier molecular flexibility index (Phi) is 6.63. The summed E-state index contributed by atoms with van der Waals surface area (Å²) in [7, 11) is 0. The van der Waals surface area contributed by atoms with E-state index in [-0.39, 0.29) is 30.5 Å². The van der Waals surface area contributed by atoms with Gasteiger partial charge in [-0.15, -0.1) is 0 Å². The molecule has 154 valence electrons.